The van der Waals surface area contributed by atoms with Crippen molar-refractivity contribution in [2.75, 3.05) is 23.7 Å². The lowest BCUT2D eigenvalue weighted by Gasteiger charge is -2.24. The molecule has 1 aromatic rings. The van der Waals surface area contributed by atoms with Crippen LogP contribution < -0.4 is 10.6 Å². The molecule has 0 aromatic heterocycles. The predicted octanol–water partition coefficient (Wildman–Crippen LogP) is 4.08. The van der Waals surface area contributed by atoms with Crippen LogP contribution >= 0.6 is 11.6 Å². The van der Waals surface area contributed by atoms with Crippen molar-refractivity contribution in [3.63, 3.8) is 0 Å². The number of halogens is 2. The lowest BCUT2D eigenvalue weighted by atomic mass is 9.98. The third kappa shape index (κ3) is 2.89. The summed E-state index contributed by atoms with van der Waals surface area (Å²) in [6, 6.07) is 2.97. The van der Waals surface area contributed by atoms with Gasteiger partial charge in [0.2, 0.25) is 0 Å². The summed E-state index contributed by atoms with van der Waals surface area (Å²) in [5, 5.41) is 0.149. The quantitative estimate of drug-likeness (QED) is 0.821. The van der Waals surface area contributed by atoms with Crippen LogP contribution in [0.2, 0.25) is 5.02 Å². The number of rotatable bonds is 2. The van der Waals surface area contributed by atoms with Crippen LogP contribution in [0.25, 0.3) is 0 Å². The van der Waals surface area contributed by atoms with Crippen LogP contribution in [0, 0.1) is 11.7 Å². The van der Waals surface area contributed by atoms with E-state index in [1.807, 2.05) is 0 Å². The maximum absolute atomic E-state index is 13.3. The monoisotopic (exact) mass is 270 g/mol. The fraction of sp³-hybridized carbons (Fsp3) is 0.571. The molecule has 1 heterocycles. The van der Waals surface area contributed by atoms with E-state index in [0.29, 0.717) is 5.69 Å². The summed E-state index contributed by atoms with van der Waals surface area (Å²) in [5.41, 5.74) is 7.25. The molecule has 0 spiro atoms. The van der Waals surface area contributed by atoms with Crippen LogP contribution in [-0.4, -0.2) is 13.1 Å². The molecule has 0 radical (unpaired) electrons. The lowest BCUT2D eigenvalue weighted by Crippen LogP contribution is -2.25. The molecule has 0 amide bonds. The molecule has 2 nitrogen and oxygen atoms in total. The van der Waals surface area contributed by atoms with Crippen LogP contribution in [0.1, 0.15) is 32.6 Å². The first kappa shape index (κ1) is 13.5. The average Bonchev–Trinajstić information content (AvgIpc) is 2.59. The van der Waals surface area contributed by atoms with Gasteiger partial charge in [-0.15, -0.1) is 0 Å². The van der Waals surface area contributed by atoms with Gasteiger partial charge in [0.1, 0.15) is 5.82 Å². The molecule has 18 heavy (non-hydrogen) atoms. The van der Waals surface area contributed by atoms with Crippen LogP contribution in [0.15, 0.2) is 12.1 Å². The summed E-state index contributed by atoms with van der Waals surface area (Å²) < 4.78 is 13.3. The number of nitrogens with two attached hydrogens (primary N) is 1. The van der Waals surface area contributed by atoms with Crippen molar-refractivity contribution in [1.29, 1.82) is 0 Å². The summed E-state index contributed by atoms with van der Waals surface area (Å²) in [6.45, 7) is 4.19. The molecule has 1 unspecified atom stereocenters. The van der Waals surface area contributed by atoms with Gasteiger partial charge in [0.15, 0.2) is 0 Å². The zero-order valence-corrected chi connectivity index (χ0v) is 11.5. The molecule has 1 atom stereocenters. The van der Waals surface area contributed by atoms with E-state index in [-0.39, 0.29) is 5.02 Å². The van der Waals surface area contributed by atoms with Gasteiger partial charge < -0.3 is 10.6 Å². The van der Waals surface area contributed by atoms with Gasteiger partial charge in [0.25, 0.3) is 0 Å². The molecule has 2 N–H and O–H groups in total. The average molecular weight is 271 g/mol. The number of hydrogen-bond acceptors (Lipinski definition) is 2. The minimum atomic E-state index is -0.445. The van der Waals surface area contributed by atoms with Crippen molar-refractivity contribution >= 4 is 23.0 Å². The SMILES string of the molecule is CCC1CCCN(c2cc(Cl)c(F)cc2N)CC1. The fourth-order valence-corrected chi connectivity index (χ4v) is 2.80. The van der Waals surface area contributed by atoms with Crippen LogP contribution in [0.4, 0.5) is 15.8 Å². The topological polar surface area (TPSA) is 29.3 Å². The van der Waals surface area contributed by atoms with Crippen molar-refractivity contribution in [2.45, 2.75) is 32.6 Å². The van der Waals surface area contributed by atoms with Crippen molar-refractivity contribution in [1.82, 2.24) is 0 Å². The minimum absolute atomic E-state index is 0.149. The Bertz CT molecular complexity index is 423. The third-order valence-electron chi connectivity index (χ3n) is 3.84. The second kappa shape index (κ2) is 5.79. The number of anilines is 2. The van der Waals surface area contributed by atoms with Crippen LogP contribution in [0.3, 0.4) is 0 Å². The molecule has 1 aliphatic rings. The molecular weight excluding hydrogens is 251 g/mol. The van der Waals surface area contributed by atoms with Gasteiger partial charge in [-0.2, -0.15) is 0 Å². The highest BCUT2D eigenvalue weighted by Gasteiger charge is 2.18. The normalized spacial score (nSPS) is 20.8. The third-order valence-corrected chi connectivity index (χ3v) is 4.12. The molecular formula is C14H20ClFN2. The Kier molecular flexibility index (Phi) is 4.33. The Morgan fingerprint density at radius 2 is 2.17 bits per heavy atom. The molecule has 100 valence electrons. The molecule has 0 aliphatic carbocycles. The highest BCUT2D eigenvalue weighted by Crippen LogP contribution is 2.32. The first-order valence-electron chi connectivity index (χ1n) is 6.61. The van der Waals surface area contributed by atoms with Crippen molar-refractivity contribution in [2.24, 2.45) is 5.92 Å². The summed E-state index contributed by atoms with van der Waals surface area (Å²) in [7, 11) is 0. The van der Waals surface area contributed by atoms with Gasteiger partial charge in [-0.3, -0.25) is 0 Å². The molecule has 0 bridgehead atoms. The first-order valence-corrected chi connectivity index (χ1v) is 6.99. The zero-order chi connectivity index (χ0) is 13.1. The van der Waals surface area contributed by atoms with E-state index < -0.39 is 5.82 Å². The van der Waals surface area contributed by atoms with Gasteiger partial charge in [-0.25, -0.2) is 4.39 Å². The molecule has 4 heteroatoms. The summed E-state index contributed by atoms with van der Waals surface area (Å²) in [4.78, 5) is 2.23. The smallest absolute Gasteiger partial charge is 0.143 e. The Labute approximate surface area is 113 Å². The van der Waals surface area contributed by atoms with Crippen molar-refractivity contribution in [3.05, 3.63) is 23.0 Å². The predicted molar refractivity (Wildman–Crippen MR) is 75.7 cm³/mol. The Morgan fingerprint density at radius 3 is 2.89 bits per heavy atom. The standard InChI is InChI=1S/C14H20ClFN2/c1-2-10-4-3-6-18(7-5-10)14-8-11(15)12(16)9-13(14)17/h8-10H,2-7,17H2,1H3. The fourth-order valence-electron chi connectivity index (χ4n) is 2.64. The largest absolute Gasteiger partial charge is 0.397 e. The Morgan fingerprint density at radius 1 is 1.39 bits per heavy atom. The highest BCUT2D eigenvalue weighted by molar-refractivity contribution is 6.31. The maximum atomic E-state index is 13.3. The Balaban J connectivity index is 2.18. The lowest BCUT2D eigenvalue weighted by molar-refractivity contribution is 0.459. The van der Waals surface area contributed by atoms with E-state index in [4.69, 9.17) is 17.3 Å². The zero-order valence-electron chi connectivity index (χ0n) is 10.8. The highest BCUT2D eigenvalue weighted by atomic mass is 35.5. The summed E-state index contributed by atoms with van der Waals surface area (Å²) in [5.74, 6) is 0.353. The molecule has 0 saturated carbocycles. The van der Waals surface area contributed by atoms with E-state index in [1.165, 1.54) is 25.3 Å². The number of nitrogens with zero attached hydrogens (tertiary/aromatic N) is 1. The second-order valence-electron chi connectivity index (χ2n) is 5.02. The minimum Gasteiger partial charge on any atom is -0.397 e. The number of hydrogen-bond donors (Lipinski definition) is 1. The molecule has 1 aliphatic heterocycles. The van der Waals surface area contributed by atoms with Gasteiger partial charge >= 0.3 is 0 Å². The van der Waals surface area contributed by atoms with Gasteiger partial charge in [-0.05, 0) is 31.2 Å². The van der Waals surface area contributed by atoms with E-state index >= 15 is 0 Å². The van der Waals surface area contributed by atoms with E-state index in [0.717, 1.165) is 31.1 Å². The summed E-state index contributed by atoms with van der Waals surface area (Å²) >= 11 is 5.84. The first-order chi connectivity index (χ1) is 8.61. The summed E-state index contributed by atoms with van der Waals surface area (Å²) in [6.07, 6.45) is 4.83. The van der Waals surface area contributed by atoms with Gasteiger partial charge in [0, 0.05) is 19.2 Å². The second-order valence-corrected chi connectivity index (χ2v) is 5.42. The number of nitrogen functional groups attached to an aromatic ring is 1. The van der Waals surface area contributed by atoms with Crippen molar-refractivity contribution < 1.29 is 4.39 Å². The maximum Gasteiger partial charge on any atom is 0.143 e. The van der Waals surface area contributed by atoms with Gasteiger partial charge in [-0.1, -0.05) is 24.9 Å². The van der Waals surface area contributed by atoms with Crippen LogP contribution in [0.5, 0.6) is 0 Å². The van der Waals surface area contributed by atoms with Gasteiger partial charge in [0.05, 0.1) is 16.4 Å². The molecule has 2 rings (SSSR count). The van der Waals surface area contributed by atoms with Crippen LogP contribution in [-0.2, 0) is 0 Å². The Hall–Kier alpha value is -0.960. The number of benzene rings is 1. The molecule has 1 saturated heterocycles. The van der Waals surface area contributed by atoms with E-state index in [9.17, 15) is 4.39 Å². The molecule has 1 aromatic carbocycles. The molecule has 1 fully saturated rings. The van der Waals surface area contributed by atoms with Crippen molar-refractivity contribution in [3.8, 4) is 0 Å². The van der Waals surface area contributed by atoms with E-state index in [1.54, 1.807) is 6.07 Å². The van der Waals surface area contributed by atoms with E-state index in [2.05, 4.69) is 11.8 Å².